The molecule has 9 nitrogen and oxygen atoms in total. The zero-order valence-corrected chi connectivity index (χ0v) is 10.1. The predicted molar refractivity (Wildman–Crippen MR) is 62.8 cm³/mol. The third-order valence-corrected chi connectivity index (χ3v) is 2.53. The van der Waals surface area contributed by atoms with Crippen LogP contribution in [0, 0.1) is 5.92 Å². The summed E-state index contributed by atoms with van der Waals surface area (Å²) in [6, 6.07) is -2.62. The number of aliphatic carboxylic acids is 2. The fourth-order valence-corrected chi connectivity index (χ4v) is 1.41. The van der Waals surface area contributed by atoms with Crippen LogP contribution in [0.4, 0.5) is 0 Å². The lowest BCUT2D eigenvalue weighted by Crippen LogP contribution is -2.45. The van der Waals surface area contributed by atoms with E-state index in [-0.39, 0.29) is 12.8 Å². The molecule has 3 atom stereocenters. The van der Waals surface area contributed by atoms with Crippen molar-refractivity contribution in [3.8, 4) is 0 Å². The Bertz CT molecular complexity index is 383. The van der Waals surface area contributed by atoms with Crippen LogP contribution in [-0.2, 0) is 19.2 Å². The molecule has 0 aromatic rings. The molecular formula is C10H17N3O6. The van der Waals surface area contributed by atoms with Gasteiger partial charge in [0, 0.05) is 6.42 Å². The molecule has 0 saturated heterocycles. The molecule has 0 aromatic heterocycles. The average Bonchev–Trinajstić information content (AvgIpc) is 2.30. The summed E-state index contributed by atoms with van der Waals surface area (Å²) in [5.41, 5.74) is 15.7. The van der Waals surface area contributed by atoms with Crippen LogP contribution in [0.2, 0.25) is 0 Å². The van der Waals surface area contributed by atoms with Crippen molar-refractivity contribution in [1.82, 2.24) is 0 Å². The first-order valence-corrected chi connectivity index (χ1v) is 5.45. The van der Waals surface area contributed by atoms with Crippen LogP contribution in [0.1, 0.15) is 19.3 Å². The molecule has 19 heavy (non-hydrogen) atoms. The van der Waals surface area contributed by atoms with E-state index in [4.69, 9.17) is 27.4 Å². The van der Waals surface area contributed by atoms with Gasteiger partial charge < -0.3 is 27.4 Å². The third kappa shape index (κ3) is 5.93. The molecule has 0 saturated carbocycles. The van der Waals surface area contributed by atoms with Gasteiger partial charge in [0.15, 0.2) is 5.78 Å². The maximum absolute atomic E-state index is 11.8. The van der Waals surface area contributed by atoms with Crippen LogP contribution in [0.5, 0.6) is 0 Å². The Morgan fingerprint density at radius 3 is 1.89 bits per heavy atom. The highest BCUT2D eigenvalue weighted by Gasteiger charge is 2.32. The van der Waals surface area contributed by atoms with E-state index in [2.05, 4.69) is 0 Å². The molecule has 0 aliphatic carbocycles. The Balaban J connectivity index is 4.70. The van der Waals surface area contributed by atoms with E-state index in [1.54, 1.807) is 0 Å². The maximum atomic E-state index is 11.8. The van der Waals surface area contributed by atoms with E-state index in [0.29, 0.717) is 0 Å². The number of Topliss-reactive ketones (excluding diaryl/α,β-unsaturated/α-hetero) is 1. The highest BCUT2D eigenvalue weighted by atomic mass is 16.4. The van der Waals surface area contributed by atoms with Crippen molar-refractivity contribution in [2.24, 2.45) is 23.1 Å². The van der Waals surface area contributed by atoms with Crippen LogP contribution in [0.25, 0.3) is 0 Å². The number of rotatable bonds is 9. The van der Waals surface area contributed by atoms with Gasteiger partial charge in [0.2, 0.25) is 5.91 Å². The quantitative estimate of drug-likeness (QED) is 0.289. The first-order chi connectivity index (χ1) is 8.66. The minimum atomic E-state index is -1.44. The van der Waals surface area contributed by atoms with Crippen LogP contribution in [-0.4, -0.2) is 45.9 Å². The molecule has 0 fully saturated rings. The molecule has 1 amide bonds. The van der Waals surface area contributed by atoms with Gasteiger partial charge in [0.05, 0.1) is 12.0 Å². The molecule has 0 radical (unpaired) electrons. The molecule has 9 heteroatoms. The van der Waals surface area contributed by atoms with Crippen LogP contribution in [0.15, 0.2) is 0 Å². The number of amides is 1. The van der Waals surface area contributed by atoms with Gasteiger partial charge in [-0.2, -0.15) is 0 Å². The van der Waals surface area contributed by atoms with E-state index in [1.807, 2.05) is 0 Å². The second-order valence-electron chi connectivity index (χ2n) is 4.08. The number of hydrogen-bond donors (Lipinski definition) is 5. The lowest BCUT2D eigenvalue weighted by Gasteiger charge is -2.18. The number of ketones is 1. The van der Waals surface area contributed by atoms with Crippen molar-refractivity contribution >= 4 is 23.6 Å². The number of carbonyl (C=O) groups is 4. The SMILES string of the molecule is NC(=O)C(C[C@H](N)C(=O)O)C(=O)[C@@H](N)CCC(=O)O. The Morgan fingerprint density at radius 1 is 1.00 bits per heavy atom. The largest absolute Gasteiger partial charge is 0.481 e. The van der Waals surface area contributed by atoms with Crippen molar-refractivity contribution in [2.75, 3.05) is 0 Å². The molecule has 0 spiro atoms. The minimum absolute atomic E-state index is 0.166. The summed E-state index contributed by atoms with van der Waals surface area (Å²) >= 11 is 0. The van der Waals surface area contributed by atoms with Gasteiger partial charge in [-0.15, -0.1) is 0 Å². The summed E-state index contributed by atoms with van der Waals surface area (Å²) < 4.78 is 0. The number of primary amides is 1. The highest BCUT2D eigenvalue weighted by Crippen LogP contribution is 2.11. The zero-order chi connectivity index (χ0) is 15.2. The van der Waals surface area contributed by atoms with E-state index in [1.165, 1.54) is 0 Å². The third-order valence-electron chi connectivity index (χ3n) is 2.53. The number of carboxylic acid groups (broad SMARTS) is 2. The van der Waals surface area contributed by atoms with Gasteiger partial charge >= 0.3 is 11.9 Å². The summed E-state index contributed by atoms with van der Waals surface area (Å²) in [6.07, 6.45) is -0.978. The second kappa shape index (κ2) is 7.44. The Labute approximate surface area is 108 Å². The van der Waals surface area contributed by atoms with Gasteiger partial charge in [0.25, 0.3) is 0 Å². The Kier molecular flexibility index (Phi) is 6.66. The Morgan fingerprint density at radius 2 is 1.53 bits per heavy atom. The molecule has 108 valence electrons. The van der Waals surface area contributed by atoms with Crippen molar-refractivity contribution < 1.29 is 29.4 Å². The van der Waals surface area contributed by atoms with E-state index >= 15 is 0 Å². The molecule has 0 bridgehead atoms. The van der Waals surface area contributed by atoms with Gasteiger partial charge in [-0.25, -0.2) is 0 Å². The number of nitrogens with two attached hydrogens (primary N) is 3. The van der Waals surface area contributed by atoms with Crippen molar-refractivity contribution in [3.63, 3.8) is 0 Å². The molecule has 0 aliphatic heterocycles. The molecule has 0 aliphatic rings. The zero-order valence-electron chi connectivity index (χ0n) is 10.1. The van der Waals surface area contributed by atoms with Crippen LogP contribution in [0.3, 0.4) is 0 Å². The summed E-state index contributed by atoms with van der Waals surface area (Å²) in [5, 5.41) is 17.1. The maximum Gasteiger partial charge on any atom is 0.320 e. The highest BCUT2D eigenvalue weighted by molar-refractivity contribution is 6.03. The van der Waals surface area contributed by atoms with E-state index in [9.17, 15) is 19.2 Å². The lowest BCUT2D eigenvalue weighted by atomic mass is 9.89. The molecule has 1 unspecified atom stereocenters. The standard InChI is InChI=1S/C10H17N3O6/c11-5(1-2-7(14)15)8(16)4(9(13)17)3-6(12)10(18)19/h4-6H,1-3,11-12H2,(H2,13,17)(H,14,15)(H,18,19)/t4?,5-,6-/m0/s1. The lowest BCUT2D eigenvalue weighted by molar-refractivity contribution is -0.140. The number of hydrogen-bond acceptors (Lipinski definition) is 6. The summed E-state index contributed by atoms with van der Waals surface area (Å²) in [4.78, 5) is 43.8. The fourth-order valence-electron chi connectivity index (χ4n) is 1.41. The van der Waals surface area contributed by atoms with E-state index < -0.39 is 48.1 Å². The summed E-state index contributed by atoms with van der Waals surface area (Å²) in [7, 11) is 0. The van der Waals surface area contributed by atoms with Gasteiger partial charge in [-0.3, -0.25) is 19.2 Å². The molecule has 0 aromatic carbocycles. The normalized spacial score (nSPS) is 15.3. The van der Waals surface area contributed by atoms with Crippen LogP contribution >= 0.6 is 0 Å². The van der Waals surface area contributed by atoms with Crippen molar-refractivity contribution in [2.45, 2.75) is 31.3 Å². The van der Waals surface area contributed by atoms with Crippen molar-refractivity contribution in [3.05, 3.63) is 0 Å². The number of carbonyl (C=O) groups excluding carboxylic acids is 2. The Hall–Kier alpha value is -2.00. The van der Waals surface area contributed by atoms with Gasteiger partial charge in [-0.1, -0.05) is 0 Å². The van der Waals surface area contributed by atoms with Gasteiger partial charge in [0.1, 0.15) is 6.04 Å². The van der Waals surface area contributed by atoms with Crippen molar-refractivity contribution in [1.29, 1.82) is 0 Å². The smallest absolute Gasteiger partial charge is 0.320 e. The minimum Gasteiger partial charge on any atom is -0.481 e. The van der Waals surface area contributed by atoms with E-state index in [0.717, 1.165) is 0 Å². The summed E-state index contributed by atoms with van der Waals surface area (Å²) in [5.74, 6) is -5.79. The van der Waals surface area contributed by atoms with Crippen LogP contribution < -0.4 is 17.2 Å². The first-order valence-electron chi connectivity index (χ1n) is 5.45. The number of carboxylic acids is 2. The topological polar surface area (TPSA) is 187 Å². The monoisotopic (exact) mass is 275 g/mol. The molecule has 0 heterocycles. The average molecular weight is 275 g/mol. The predicted octanol–water partition coefficient (Wildman–Crippen LogP) is -2.35. The second-order valence-corrected chi connectivity index (χ2v) is 4.08. The van der Waals surface area contributed by atoms with Gasteiger partial charge in [-0.05, 0) is 12.8 Å². The molecule has 0 rings (SSSR count). The fraction of sp³-hybridized carbons (Fsp3) is 0.600. The summed E-state index contributed by atoms with van der Waals surface area (Å²) in [6.45, 7) is 0. The first kappa shape index (κ1) is 17.0. The molecule has 8 N–H and O–H groups in total. The molecular weight excluding hydrogens is 258 g/mol.